The summed E-state index contributed by atoms with van der Waals surface area (Å²) in [4.78, 5) is 25.1. The van der Waals surface area contributed by atoms with Crippen LogP contribution in [-0.4, -0.2) is 84.2 Å². The second-order valence-electron chi connectivity index (χ2n) is 10.3. The molecule has 8 heteroatoms. The third-order valence-corrected chi connectivity index (χ3v) is 7.90. The third-order valence-electron chi connectivity index (χ3n) is 7.90. The van der Waals surface area contributed by atoms with Crippen LogP contribution in [-0.2, 0) is 11.3 Å². The lowest BCUT2D eigenvalue weighted by molar-refractivity contribution is -0.125. The molecule has 2 saturated heterocycles. The number of anilines is 1. The van der Waals surface area contributed by atoms with Crippen molar-refractivity contribution in [1.29, 1.82) is 0 Å². The molecule has 2 aliphatic heterocycles. The van der Waals surface area contributed by atoms with Gasteiger partial charge in [0.05, 0.1) is 17.6 Å². The molecule has 1 amide bonds. The normalized spacial score (nSPS) is 17.9. The molecule has 0 atom stereocenters. The van der Waals surface area contributed by atoms with E-state index in [1.807, 2.05) is 30.3 Å². The zero-order chi connectivity index (χ0) is 25.6. The average molecular weight is 507 g/mol. The predicted octanol–water partition coefficient (Wildman–Crippen LogP) is 3.58. The second kappa shape index (κ2) is 12.0. The number of halogens is 1. The minimum absolute atomic E-state index is 0.0549. The number of carbonyl (C=O) groups excluding carboxylic acids is 1. The minimum Gasteiger partial charge on any atom is -0.356 e. The summed E-state index contributed by atoms with van der Waals surface area (Å²) in [6.45, 7) is 12.0. The summed E-state index contributed by atoms with van der Waals surface area (Å²) in [5.41, 5.74) is 3.06. The van der Waals surface area contributed by atoms with Crippen molar-refractivity contribution in [1.82, 2.24) is 24.7 Å². The van der Waals surface area contributed by atoms with Gasteiger partial charge in [-0.2, -0.15) is 0 Å². The van der Waals surface area contributed by atoms with E-state index >= 15 is 0 Å². The van der Waals surface area contributed by atoms with Gasteiger partial charge in [0.25, 0.3) is 0 Å². The number of benzene rings is 2. The van der Waals surface area contributed by atoms with Gasteiger partial charge in [-0.1, -0.05) is 31.2 Å². The molecule has 2 aliphatic rings. The lowest BCUT2D eigenvalue weighted by Crippen LogP contribution is -2.47. The Kier molecular flexibility index (Phi) is 8.36. The van der Waals surface area contributed by atoms with Gasteiger partial charge >= 0.3 is 0 Å². The van der Waals surface area contributed by atoms with Gasteiger partial charge in [-0.05, 0) is 62.2 Å². The zero-order valence-electron chi connectivity index (χ0n) is 21.9. The number of hydrogen-bond donors (Lipinski definition) is 1. The lowest BCUT2D eigenvalue weighted by atomic mass is 9.96. The molecule has 3 heterocycles. The van der Waals surface area contributed by atoms with E-state index in [-0.39, 0.29) is 17.6 Å². The van der Waals surface area contributed by atoms with E-state index in [2.05, 4.69) is 37.6 Å². The number of likely N-dealkylation sites (N-methyl/N-ethyl adjacent to an activating group) is 1. The van der Waals surface area contributed by atoms with Crippen LogP contribution >= 0.6 is 0 Å². The summed E-state index contributed by atoms with van der Waals surface area (Å²) in [5.74, 6) is 0.941. The van der Waals surface area contributed by atoms with E-state index in [1.54, 1.807) is 0 Å². The molecule has 1 aromatic heterocycles. The molecule has 37 heavy (non-hydrogen) atoms. The van der Waals surface area contributed by atoms with Crippen molar-refractivity contribution in [2.45, 2.75) is 32.7 Å². The summed E-state index contributed by atoms with van der Waals surface area (Å²) in [6.07, 6.45) is 2.65. The van der Waals surface area contributed by atoms with Gasteiger partial charge < -0.3 is 24.6 Å². The van der Waals surface area contributed by atoms with Gasteiger partial charge in [-0.3, -0.25) is 4.79 Å². The summed E-state index contributed by atoms with van der Waals surface area (Å²) in [6, 6.07) is 14.8. The summed E-state index contributed by atoms with van der Waals surface area (Å²) in [5, 5.41) is 3.19. The largest absolute Gasteiger partial charge is 0.356 e. The molecule has 0 aliphatic carbocycles. The number of fused-ring (bicyclic) bond motifs is 1. The number of piperazine rings is 1. The first-order chi connectivity index (χ1) is 18.1. The Morgan fingerprint density at radius 1 is 0.973 bits per heavy atom. The van der Waals surface area contributed by atoms with Crippen LogP contribution in [0.1, 0.15) is 31.7 Å². The summed E-state index contributed by atoms with van der Waals surface area (Å²) in [7, 11) is 0. The highest BCUT2D eigenvalue weighted by atomic mass is 19.1. The van der Waals surface area contributed by atoms with Crippen molar-refractivity contribution in [3.05, 3.63) is 59.9 Å². The maximum atomic E-state index is 13.4. The Labute approximate surface area is 219 Å². The number of para-hydroxylation sites is 2. The molecule has 2 fully saturated rings. The lowest BCUT2D eigenvalue weighted by Gasteiger charge is -2.34. The van der Waals surface area contributed by atoms with Crippen LogP contribution in [0.3, 0.4) is 0 Å². The van der Waals surface area contributed by atoms with Crippen LogP contribution in [0.25, 0.3) is 11.0 Å². The molecule has 0 unspecified atom stereocenters. The molecule has 0 bridgehead atoms. The van der Waals surface area contributed by atoms with Crippen LogP contribution in [0.2, 0.25) is 0 Å². The van der Waals surface area contributed by atoms with Crippen LogP contribution < -0.4 is 10.2 Å². The van der Waals surface area contributed by atoms with Crippen molar-refractivity contribution < 1.29 is 9.18 Å². The third kappa shape index (κ3) is 6.30. The number of nitrogens with zero attached hydrogens (tertiary/aromatic N) is 5. The molecule has 7 nitrogen and oxygen atoms in total. The number of aromatic nitrogens is 2. The molecule has 0 spiro atoms. The SMILES string of the molecule is CCN1CCN(CCCNC(=O)C2CCN(c3nc4ccccc4n3Cc3ccc(F)cc3)CC2)CC1. The van der Waals surface area contributed by atoms with E-state index in [4.69, 9.17) is 4.98 Å². The van der Waals surface area contributed by atoms with Gasteiger partial charge in [-0.15, -0.1) is 0 Å². The van der Waals surface area contributed by atoms with E-state index in [9.17, 15) is 9.18 Å². The van der Waals surface area contributed by atoms with E-state index < -0.39 is 0 Å². The van der Waals surface area contributed by atoms with E-state index in [0.717, 1.165) is 101 Å². The van der Waals surface area contributed by atoms with Gasteiger partial charge in [-0.25, -0.2) is 9.37 Å². The number of imidazole rings is 1. The van der Waals surface area contributed by atoms with Crippen molar-refractivity contribution in [3.63, 3.8) is 0 Å². The number of carbonyl (C=O) groups is 1. The quantitative estimate of drug-likeness (QED) is 0.450. The maximum Gasteiger partial charge on any atom is 0.223 e. The summed E-state index contributed by atoms with van der Waals surface area (Å²) < 4.78 is 15.6. The van der Waals surface area contributed by atoms with Gasteiger partial charge in [0.15, 0.2) is 0 Å². The standard InChI is InChI=1S/C29H39FN6O/c1-2-33-18-20-34(21-19-33)15-5-14-31-28(37)24-12-16-35(17-13-24)29-32-26-6-3-4-7-27(26)36(29)22-23-8-10-25(30)11-9-23/h3-4,6-11,24H,2,5,12-22H2,1H3,(H,31,37). The van der Waals surface area contributed by atoms with Crippen LogP contribution in [0.4, 0.5) is 10.3 Å². The topological polar surface area (TPSA) is 56.6 Å². The van der Waals surface area contributed by atoms with Gasteiger partial charge in [0, 0.05) is 51.7 Å². The van der Waals surface area contributed by atoms with Crippen molar-refractivity contribution in [2.24, 2.45) is 5.92 Å². The Hall–Kier alpha value is -2.97. The van der Waals surface area contributed by atoms with E-state index in [1.165, 1.54) is 12.1 Å². The fourth-order valence-corrected chi connectivity index (χ4v) is 5.56. The fraction of sp³-hybridized carbons (Fsp3) is 0.517. The Morgan fingerprint density at radius 2 is 1.68 bits per heavy atom. The molecular weight excluding hydrogens is 467 g/mol. The Bertz CT molecular complexity index is 1160. The highest BCUT2D eigenvalue weighted by molar-refractivity contribution is 5.80. The van der Waals surface area contributed by atoms with Crippen molar-refractivity contribution >= 4 is 22.9 Å². The number of piperidine rings is 1. The maximum absolute atomic E-state index is 13.4. The molecule has 3 aromatic rings. The van der Waals surface area contributed by atoms with Crippen molar-refractivity contribution in [3.8, 4) is 0 Å². The van der Waals surface area contributed by atoms with Crippen molar-refractivity contribution in [2.75, 3.05) is 63.8 Å². The monoisotopic (exact) mass is 506 g/mol. The van der Waals surface area contributed by atoms with Gasteiger partial charge in [0.2, 0.25) is 11.9 Å². The molecule has 198 valence electrons. The van der Waals surface area contributed by atoms with Crippen LogP contribution in [0.5, 0.6) is 0 Å². The first kappa shape index (κ1) is 25.7. The average Bonchev–Trinajstić information content (AvgIpc) is 3.31. The number of nitrogens with one attached hydrogen (secondary N) is 1. The van der Waals surface area contributed by atoms with Gasteiger partial charge in [0.1, 0.15) is 5.82 Å². The van der Waals surface area contributed by atoms with Crippen LogP contribution in [0, 0.1) is 11.7 Å². The minimum atomic E-state index is -0.227. The number of amides is 1. The smallest absolute Gasteiger partial charge is 0.223 e. The first-order valence-corrected chi connectivity index (χ1v) is 13.8. The number of rotatable bonds is 9. The number of hydrogen-bond acceptors (Lipinski definition) is 5. The second-order valence-corrected chi connectivity index (χ2v) is 10.3. The zero-order valence-corrected chi connectivity index (χ0v) is 21.9. The van der Waals surface area contributed by atoms with E-state index in [0.29, 0.717) is 6.54 Å². The highest BCUT2D eigenvalue weighted by Crippen LogP contribution is 2.28. The summed E-state index contributed by atoms with van der Waals surface area (Å²) >= 11 is 0. The molecule has 5 rings (SSSR count). The molecule has 2 aromatic carbocycles. The Morgan fingerprint density at radius 3 is 2.41 bits per heavy atom. The fourth-order valence-electron chi connectivity index (χ4n) is 5.56. The van der Waals surface area contributed by atoms with Crippen LogP contribution in [0.15, 0.2) is 48.5 Å². The molecule has 0 radical (unpaired) electrons. The molecule has 0 saturated carbocycles. The molecular formula is C29H39FN6O. The molecule has 1 N–H and O–H groups in total. The first-order valence-electron chi connectivity index (χ1n) is 13.8. The predicted molar refractivity (Wildman–Crippen MR) is 146 cm³/mol. The Balaban J connectivity index is 1.13. The highest BCUT2D eigenvalue weighted by Gasteiger charge is 2.27.